The second-order valence-electron chi connectivity index (χ2n) is 2.92. The van der Waals surface area contributed by atoms with Gasteiger partial charge in [-0.3, -0.25) is 10.1 Å². The van der Waals surface area contributed by atoms with Crippen molar-refractivity contribution in [1.82, 2.24) is 15.2 Å². The average molecular weight is 222 g/mol. The molecule has 0 atom stereocenters. The van der Waals surface area contributed by atoms with E-state index in [4.69, 9.17) is 0 Å². The van der Waals surface area contributed by atoms with Crippen LogP contribution in [0.2, 0.25) is 0 Å². The van der Waals surface area contributed by atoms with E-state index in [1.54, 1.807) is 0 Å². The highest BCUT2D eigenvalue weighted by Gasteiger charge is 2.12. The molecule has 1 amide bonds. The molecule has 0 saturated carbocycles. The first-order valence-corrected chi connectivity index (χ1v) is 5.42. The molecule has 0 aliphatic heterocycles. The zero-order valence-electron chi connectivity index (χ0n) is 8.15. The number of H-pyrrole nitrogens is 1. The summed E-state index contributed by atoms with van der Waals surface area (Å²) in [5, 5.41) is 10.8. The van der Waals surface area contributed by atoms with Crippen LogP contribution in [-0.4, -0.2) is 21.1 Å². The molecule has 6 heteroatoms. The first-order valence-electron chi connectivity index (χ1n) is 4.54. The van der Waals surface area contributed by atoms with Crippen LogP contribution >= 0.6 is 11.3 Å². The number of aromatic amines is 1. The Labute approximate surface area is 90.6 Å². The van der Waals surface area contributed by atoms with E-state index in [0.29, 0.717) is 5.95 Å². The Hall–Kier alpha value is -1.69. The van der Waals surface area contributed by atoms with Crippen LogP contribution in [0.5, 0.6) is 0 Å². The van der Waals surface area contributed by atoms with E-state index in [-0.39, 0.29) is 5.91 Å². The highest BCUT2D eigenvalue weighted by molar-refractivity contribution is 7.12. The number of aromatic nitrogens is 3. The van der Waals surface area contributed by atoms with Crippen molar-refractivity contribution < 1.29 is 4.79 Å². The van der Waals surface area contributed by atoms with E-state index in [2.05, 4.69) is 20.5 Å². The molecule has 0 unspecified atom stereocenters. The second-order valence-corrected chi connectivity index (χ2v) is 3.83. The molecule has 0 aliphatic carbocycles. The zero-order chi connectivity index (χ0) is 10.7. The lowest BCUT2D eigenvalue weighted by Gasteiger charge is -2.00. The zero-order valence-corrected chi connectivity index (χ0v) is 8.97. The van der Waals surface area contributed by atoms with E-state index in [9.17, 15) is 4.79 Å². The van der Waals surface area contributed by atoms with E-state index in [0.717, 1.165) is 16.9 Å². The summed E-state index contributed by atoms with van der Waals surface area (Å²) >= 11 is 1.43. The molecule has 2 N–H and O–H groups in total. The van der Waals surface area contributed by atoms with Gasteiger partial charge in [-0.15, -0.1) is 11.3 Å². The number of thiophene rings is 1. The van der Waals surface area contributed by atoms with Crippen molar-refractivity contribution in [3.05, 3.63) is 28.2 Å². The van der Waals surface area contributed by atoms with Crippen LogP contribution in [0.4, 0.5) is 5.95 Å². The van der Waals surface area contributed by atoms with Crippen LogP contribution in [0.25, 0.3) is 0 Å². The van der Waals surface area contributed by atoms with Gasteiger partial charge in [-0.1, -0.05) is 6.92 Å². The second kappa shape index (κ2) is 4.22. The van der Waals surface area contributed by atoms with Crippen LogP contribution in [0.1, 0.15) is 22.2 Å². The van der Waals surface area contributed by atoms with Crippen molar-refractivity contribution >= 4 is 23.2 Å². The lowest BCUT2D eigenvalue weighted by Crippen LogP contribution is -2.13. The van der Waals surface area contributed by atoms with Gasteiger partial charge in [0.1, 0.15) is 6.33 Å². The molecular formula is C9H10N4OS. The Morgan fingerprint density at radius 1 is 1.67 bits per heavy atom. The number of hydrogen-bond acceptors (Lipinski definition) is 4. The molecule has 78 valence electrons. The van der Waals surface area contributed by atoms with Gasteiger partial charge in [0.15, 0.2) is 0 Å². The minimum Gasteiger partial charge on any atom is -0.290 e. The van der Waals surface area contributed by atoms with E-state index in [1.165, 1.54) is 17.7 Å². The summed E-state index contributed by atoms with van der Waals surface area (Å²) in [5.41, 5.74) is 1.05. The summed E-state index contributed by atoms with van der Waals surface area (Å²) in [7, 11) is 0. The third-order valence-electron chi connectivity index (χ3n) is 1.98. The largest absolute Gasteiger partial charge is 0.290 e. The predicted octanol–water partition coefficient (Wildman–Crippen LogP) is 1.68. The summed E-state index contributed by atoms with van der Waals surface area (Å²) in [6.07, 6.45) is 2.20. The first kappa shape index (κ1) is 9.85. The number of rotatable bonds is 3. The van der Waals surface area contributed by atoms with E-state index >= 15 is 0 Å². The molecule has 0 saturated heterocycles. The fourth-order valence-electron chi connectivity index (χ4n) is 1.24. The number of carbonyl (C=O) groups is 1. The number of aryl methyl sites for hydroxylation is 1. The molecule has 15 heavy (non-hydrogen) atoms. The lowest BCUT2D eigenvalue weighted by molar-refractivity contribution is 0.102. The van der Waals surface area contributed by atoms with Crippen molar-refractivity contribution in [2.75, 3.05) is 5.32 Å². The van der Waals surface area contributed by atoms with Crippen LogP contribution in [0.3, 0.4) is 0 Å². The highest BCUT2D eigenvalue weighted by Crippen LogP contribution is 2.18. The quantitative estimate of drug-likeness (QED) is 0.830. The van der Waals surface area contributed by atoms with Crippen molar-refractivity contribution in [2.24, 2.45) is 0 Å². The summed E-state index contributed by atoms with van der Waals surface area (Å²) in [6, 6.07) is 1.96. The van der Waals surface area contributed by atoms with Crippen molar-refractivity contribution in [1.29, 1.82) is 0 Å². The highest BCUT2D eigenvalue weighted by atomic mass is 32.1. The van der Waals surface area contributed by atoms with Crippen molar-refractivity contribution in [2.45, 2.75) is 13.3 Å². The molecule has 0 bridgehead atoms. The summed E-state index contributed by atoms with van der Waals surface area (Å²) in [4.78, 5) is 16.3. The van der Waals surface area contributed by atoms with Gasteiger partial charge in [-0.2, -0.15) is 10.1 Å². The standard InChI is InChI=1S/C9H10N4OS/c1-2-6-3-4-15-7(6)8(14)12-9-10-5-11-13-9/h3-5H,2H2,1H3,(H2,10,11,12,13,14). The molecule has 5 nitrogen and oxygen atoms in total. The number of nitrogens with zero attached hydrogens (tertiary/aromatic N) is 2. The maximum atomic E-state index is 11.8. The minimum atomic E-state index is -0.140. The van der Waals surface area contributed by atoms with Gasteiger partial charge < -0.3 is 0 Å². The SMILES string of the molecule is CCc1ccsc1C(=O)Nc1ncn[nH]1. The van der Waals surface area contributed by atoms with Gasteiger partial charge in [0.2, 0.25) is 5.95 Å². The van der Waals surface area contributed by atoms with Crippen LogP contribution in [0, 0.1) is 0 Å². The van der Waals surface area contributed by atoms with Crippen molar-refractivity contribution in [3.8, 4) is 0 Å². The molecule has 0 radical (unpaired) electrons. The Morgan fingerprint density at radius 3 is 3.20 bits per heavy atom. The fraction of sp³-hybridized carbons (Fsp3) is 0.222. The van der Waals surface area contributed by atoms with E-state index < -0.39 is 0 Å². The van der Waals surface area contributed by atoms with Gasteiger partial charge >= 0.3 is 0 Å². The third kappa shape index (κ3) is 2.04. The maximum absolute atomic E-state index is 11.8. The molecule has 2 aromatic heterocycles. The Balaban J connectivity index is 2.15. The Bertz CT molecular complexity index is 448. The Morgan fingerprint density at radius 2 is 2.53 bits per heavy atom. The monoisotopic (exact) mass is 222 g/mol. The van der Waals surface area contributed by atoms with E-state index in [1.807, 2.05) is 18.4 Å². The summed E-state index contributed by atoms with van der Waals surface area (Å²) < 4.78 is 0. The molecule has 0 fully saturated rings. The minimum absolute atomic E-state index is 0.140. The molecular weight excluding hydrogens is 212 g/mol. The maximum Gasteiger partial charge on any atom is 0.268 e. The molecule has 0 aromatic carbocycles. The number of nitrogens with one attached hydrogen (secondary N) is 2. The smallest absolute Gasteiger partial charge is 0.268 e. The van der Waals surface area contributed by atoms with Gasteiger partial charge in [0.05, 0.1) is 4.88 Å². The number of amides is 1. The topological polar surface area (TPSA) is 70.7 Å². The molecule has 0 spiro atoms. The molecule has 2 heterocycles. The summed E-state index contributed by atoms with van der Waals surface area (Å²) in [6.45, 7) is 2.02. The molecule has 0 aliphatic rings. The normalized spacial score (nSPS) is 10.2. The van der Waals surface area contributed by atoms with Crippen LogP contribution in [-0.2, 0) is 6.42 Å². The van der Waals surface area contributed by atoms with Gasteiger partial charge in [0, 0.05) is 0 Å². The van der Waals surface area contributed by atoms with Crippen LogP contribution < -0.4 is 5.32 Å². The van der Waals surface area contributed by atoms with Crippen LogP contribution in [0.15, 0.2) is 17.8 Å². The molecule has 2 rings (SSSR count). The third-order valence-corrected chi connectivity index (χ3v) is 2.94. The van der Waals surface area contributed by atoms with Gasteiger partial charge in [-0.25, -0.2) is 5.10 Å². The average Bonchev–Trinajstić information content (AvgIpc) is 2.86. The molecule has 2 aromatic rings. The lowest BCUT2D eigenvalue weighted by atomic mass is 10.2. The number of carbonyl (C=O) groups excluding carboxylic acids is 1. The van der Waals surface area contributed by atoms with Gasteiger partial charge in [-0.05, 0) is 23.4 Å². The number of anilines is 1. The number of hydrogen-bond donors (Lipinski definition) is 2. The Kier molecular flexibility index (Phi) is 2.77. The fourth-order valence-corrected chi connectivity index (χ4v) is 2.13. The summed E-state index contributed by atoms with van der Waals surface area (Å²) in [5.74, 6) is 0.231. The first-order chi connectivity index (χ1) is 7.31. The predicted molar refractivity (Wildman–Crippen MR) is 58.0 cm³/mol. The van der Waals surface area contributed by atoms with Gasteiger partial charge in [0.25, 0.3) is 5.91 Å². The van der Waals surface area contributed by atoms with Crippen molar-refractivity contribution in [3.63, 3.8) is 0 Å².